The van der Waals surface area contributed by atoms with E-state index in [0.717, 1.165) is 0 Å². The first-order valence-corrected chi connectivity index (χ1v) is 9.59. The summed E-state index contributed by atoms with van der Waals surface area (Å²) in [4.78, 5) is 0.952. The molecule has 1 aliphatic carbocycles. The van der Waals surface area contributed by atoms with Crippen LogP contribution in [0, 0.1) is 0 Å². The third-order valence-corrected chi connectivity index (χ3v) is 5.95. The van der Waals surface area contributed by atoms with Crippen molar-refractivity contribution in [3.05, 3.63) is 59.2 Å². The van der Waals surface area contributed by atoms with E-state index >= 15 is 0 Å². The molecule has 2 rings (SSSR count). The molecule has 2 atom stereocenters. The van der Waals surface area contributed by atoms with Gasteiger partial charge in [-0.3, -0.25) is 4.21 Å². The predicted molar refractivity (Wildman–Crippen MR) is 95.3 cm³/mol. The van der Waals surface area contributed by atoms with Gasteiger partial charge in [0.1, 0.15) is 11.5 Å². The van der Waals surface area contributed by atoms with Gasteiger partial charge in [-0.2, -0.15) is 0 Å². The summed E-state index contributed by atoms with van der Waals surface area (Å²) in [6, 6.07) is 6.82. The van der Waals surface area contributed by atoms with Crippen molar-refractivity contribution in [2.75, 3.05) is 6.61 Å². The van der Waals surface area contributed by atoms with Gasteiger partial charge < -0.3 is 14.4 Å². The van der Waals surface area contributed by atoms with Crippen LogP contribution in [0.5, 0.6) is 5.75 Å². The first kappa shape index (κ1) is 18.8. The number of benzene rings is 1. The zero-order valence-corrected chi connectivity index (χ0v) is 15.1. The second kappa shape index (κ2) is 8.02. The molecule has 0 saturated heterocycles. The quantitative estimate of drug-likeness (QED) is 0.754. The van der Waals surface area contributed by atoms with Crippen molar-refractivity contribution in [2.24, 2.45) is 0 Å². The van der Waals surface area contributed by atoms with Crippen LogP contribution < -0.4 is 4.74 Å². The van der Waals surface area contributed by atoms with Crippen molar-refractivity contribution in [2.45, 2.75) is 29.9 Å². The van der Waals surface area contributed by atoms with E-state index in [-0.39, 0.29) is 6.61 Å². The first-order chi connectivity index (χ1) is 11.3. The average Bonchev–Trinajstić information content (AvgIpc) is 2.80. The maximum absolute atomic E-state index is 12.4. The number of allylic oxidation sites excluding steroid dienone is 4. The topological polar surface area (TPSA) is 83.8 Å². The van der Waals surface area contributed by atoms with Gasteiger partial charge in [-0.1, -0.05) is 6.08 Å². The van der Waals surface area contributed by atoms with E-state index in [1.165, 1.54) is 0 Å². The number of rotatable bonds is 6. The summed E-state index contributed by atoms with van der Waals surface area (Å²) in [5.41, 5.74) is 0. The summed E-state index contributed by atoms with van der Waals surface area (Å²) in [6.45, 7) is 3.31. The molecule has 0 bridgehead atoms. The Morgan fingerprint density at radius 1 is 1.12 bits per heavy atom. The average molecular weight is 368 g/mol. The fourth-order valence-electron chi connectivity index (χ4n) is 1.94. The molecule has 2 N–H and O–H groups in total. The molecule has 5 nitrogen and oxygen atoms in total. The predicted octanol–water partition coefficient (Wildman–Crippen LogP) is 2.89. The molecule has 0 aromatic heterocycles. The number of hydrogen-bond donors (Lipinski definition) is 2. The summed E-state index contributed by atoms with van der Waals surface area (Å²) in [5.74, 6) is 1.14. The smallest absolute Gasteiger partial charge is 0.186 e. The van der Waals surface area contributed by atoms with Crippen LogP contribution in [0.2, 0.25) is 0 Å². The molecule has 0 saturated carbocycles. The van der Waals surface area contributed by atoms with Crippen molar-refractivity contribution in [1.82, 2.24) is 0 Å². The van der Waals surface area contributed by atoms with Gasteiger partial charge in [-0.05, 0) is 62.8 Å². The minimum atomic E-state index is -2.01. The molecule has 0 fully saturated rings. The Balaban J connectivity index is 2.08. The molecule has 2 unspecified atom stereocenters. The number of aliphatic hydroxyl groups is 1. The van der Waals surface area contributed by atoms with Gasteiger partial charge in [0.05, 0.1) is 27.1 Å². The van der Waals surface area contributed by atoms with E-state index in [4.69, 9.17) is 9.29 Å². The highest BCUT2D eigenvalue weighted by molar-refractivity contribution is 7.86. The summed E-state index contributed by atoms with van der Waals surface area (Å²) >= 11 is -2.01. The van der Waals surface area contributed by atoms with E-state index in [0.29, 0.717) is 27.7 Å². The van der Waals surface area contributed by atoms with Crippen LogP contribution in [0.15, 0.2) is 64.1 Å². The standard InChI is InChI=1S/C17H20O5S2/c1-17(2,12-18)23(19)15-9-6-14(7-10-15)22-13-4-3-5-16(11-8-13)24(20)21/h4-11,18H,3,12H2,1-2H3,(H,20,21). The van der Waals surface area contributed by atoms with Crippen molar-refractivity contribution in [1.29, 1.82) is 0 Å². The number of hydrogen-bond acceptors (Lipinski definition) is 4. The number of aliphatic hydroxyl groups excluding tert-OH is 1. The summed E-state index contributed by atoms with van der Waals surface area (Å²) < 4.78 is 37.5. The van der Waals surface area contributed by atoms with Gasteiger partial charge in [-0.15, -0.1) is 0 Å². The van der Waals surface area contributed by atoms with Gasteiger partial charge in [0.15, 0.2) is 11.1 Å². The fraction of sp³-hybridized carbons (Fsp3) is 0.294. The van der Waals surface area contributed by atoms with Gasteiger partial charge in [0, 0.05) is 4.90 Å². The van der Waals surface area contributed by atoms with Gasteiger partial charge in [-0.25, -0.2) is 4.21 Å². The van der Waals surface area contributed by atoms with Crippen molar-refractivity contribution in [3.63, 3.8) is 0 Å². The Morgan fingerprint density at radius 3 is 2.38 bits per heavy atom. The highest BCUT2D eigenvalue weighted by Gasteiger charge is 2.26. The molecule has 1 aromatic carbocycles. The Bertz CT molecular complexity index is 730. The highest BCUT2D eigenvalue weighted by Crippen LogP contribution is 2.24. The molecule has 0 radical (unpaired) electrons. The molecule has 0 amide bonds. The highest BCUT2D eigenvalue weighted by atomic mass is 32.2. The van der Waals surface area contributed by atoms with E-state index in [1.807, 2.05) is 0 Å². The molecule has 1 aliphatic rings. The van der Waals surface area contributed by atoms with Crippen LogP contribution in [0.1, 0.15) is 20.3 Å². The van der Waals surface area contributed by atoms with Gasteiger partial charge in [0.2, 0.25) is 0 Å². The molecule has 1 aromatic rings. The van der Waals surface area contributed by atoms with E-state index in [1.54, 1.807) is 62.4 Å². The molecule has 0 aliphatic heterocycles. The van der Waals surface area contributed by atoms with Gasteiger partial charge in [0.25, 0.3) is 0 Å². The van der Waals surface area contributed by atoms with Crippen LogP contribution in [0.3, 0.4) is 0 Å². The zero-order chi connectivity index (χ0) is 17.7. The maximum atomic E-state index is 12.4. The van der Waals surface area contributed by atoms with E-state index in [2.05, 4.69) is 0 Å². The second-order valence-corrected chi connectivity index (χ2v) is 8.87. The molecule has 0 spiro atoms. The molecule has 0 heterocycles. The summed E-state index contributed by atoms with van der Waals surface area (Å²) in [6.07, 6.45) is 7.14. The largest absolute Gasteiger partial charge is 0.458 e. The van der Waals surface area contributed by atoms with Crippen molar-refractivity contribution < 1.29 is 22.8 Å². The lowest BCUT2D eigenvalue weighted by Crippen LogP contribution is -2.30. The van der Waals surface area contributed by atoms with E-state index in [9.17, 15) is 13.5 Å². The lowest BCUT2D eigenvalue weighted by Gasteiger charge is -2.20. The number of ether oxygens (including phenoxy) is 1. The van der Waals surface area contributed by atoms with Crippen molar-refractivity contribution in [3.8, 4) is 5.75 Å². The van der Waals surface area contributed by atoms with Crippen LogP contribution in [0.4, 0.5) is 0 Å². The first-order valence-electron chi connectivity index (χ1n) is 7.33. The third-order valence-electron chi connectivity index (χ3n) is 3.41. The third kappa shape index (κ3) is 4.73. The Kier molecular flexibility index (Phi) is 6.28. The lowest BCUT2D eigenvalue weighted by atomic mass is 10.2. The normalized spacial score (nSPS) is 17.5. The Labute approximate surface area is 146 Å². The van der Waals surface area contributed by atoms with Crippen molar-refractivity contribution >= 4 is 21.9 Å². The lowest BCUT2D eigenvalue weighted by molar-refractivity contribution is 0.262. The molecule has 130 valence electrons. The minimum absolute atomic E-state index is 0.170. The van der Waals surface area contributed by atoms with Crippen LogP contribution in [0.25, 0.3) is 0 Å². The minimum Gasteiger partial charge on any atom is -0.458 e. The van der Waals surface area contributed by atoms with E-state index < -0.39 is 26.6 Å². The summed E-state index contributed by atoms with van der Waals surface area (Å²) in [7, 11) is -1.33. The van der Waals surface area contributed by atoms with Crippen LogP contribution in [-0.4, -0.2) is 29.4 Å². The zero-order valence-electron chi connectivity index (χ0n) is 13.5. The maximum Gasteiger partial charge on any atom is 0.186 e. The van der Waals surface area contributed by atoms with Crippen LogP contribution >= 0.6 is 0 Å². The monoisotopic (exact) mass is 368 g/mol. The van der Waals surface area contributed by atoms with Crippen LogP contribution in [-0.2, 0) is 21.9 Å². The van der Waals surface area contributed by atoms with Gasteiger partial charge >= 0.3 is 0 Å². The second-order valence-electron chi connectivity index (χ2n) is 5.79. The SMILES string of the molecule is CC(C)(CO)S(=O)c1ccc(OC2=CCC=C(S(=O)O)C=C2)cc1. The molecular formula is C17H20O5S2. The molecule has 7 heteroatoms. The fourth-order valence-corrected chi connectivity index (χ4v) is 3.50. The molecule has 24 heavy (non-hydrogen) atoms. The molecular weight excluding hydrogens is 348 g/mol. The Hall–Kier alpha value is -1.54. The summed E-state index contributed by atoms with van der Waals surface area (Å²) in [5, 5.41) is 9.31. The Morgan fingerprint density at radius 2 is 1.79 bits per heavy atom.